The minimum absolute atomic E-state index is 0. The van der Waals surface area contributed by atoms with Crippen LogP contribution in [0.15, 0.2) is 0 Å². The standard InChI is InChI=1S/C20H35N3O2.ClH/c1-3-15(4-2)20(25)23-9-7-16(8-10-23)22-19(24)13-14-11-17-5-6-18(12-14)21-17;/h14-18,21H,3-13H2,1-2H3,(H,22,24);1H. The summed E-state index contributed by atoms with van der Waals surface area (Å²) in [6.07, 6.45) is 9.20. The Kier molecular flexibility index (Phi) is 8.21. The lowest BCUT2D eigenvalue weighted by Crippen LogP contribution is -2.48. The Balaban J connectivity index is 0.00000243. The maximum Gasteiger partial charge on any atom is 0.225 e. The molecule has 150 valence electrons. The van der Waals surface area contributed by atoms with E-state index in [0.29, 0.717) is 30.3 Å². The van der Waals surface area contributed by atoms with Crippen LogP contribution in [0.25, 0.3) is 0 Å². The molecule has 3 heterocycles. The molecular weight excluding hydrogens is 350 g/mol. The molecule has 6 heteroatoms. The van der Waals surface area contributed by atoms with Crippen LogP contribution in [0.1, 0.15) is 71.6 Å². The number of nitrogens with zero attached hydrogens (tertiary/aromatic N) is 1. The Bertz CT molecular complexity index is 464. The lowest BCUT2D eigenvalue weighted by Gasteiger charge is -2.35. The molecule has 5 nitrogen and oxygen atoms in total. The first-order valence-electron chi connectivity index (χ1n) is 10.4. The third kappa shape index (κ3) is 5.35. The maximum atomic E-state index is 12.5. The topological polar surface area (TPSA) is 61.4 Å². The normalized spacial score (nSPS) is 28.7. The van der Waals surface area contributed by atoms with Gasteiger partial charge in [-0.2, -0.15) is 0 Å². The molecule has 2 amide bonds. The largest absolute Gasteiger partial charge is 0.353 e. The van der Waals surface area contributed by atoms with E-state index in [-0.39, 0.29) is 30.3 Å². The van der Waals surface area contributed by atoms with Crippen molar-refractivity contribution >= 4 is 24.2 Å². The Morgan fingerprint density at radius 3 is 2.15 bits per heavy atom. The number of nitrogens with one attached hydrogen (secondary N) is 2. The summed E-state index contributed by atoms with van der Waals surface area (Å²) in [6.45, 7) is 5.76. The van der Waals surface area contributed by atoms with E-state index in [1.54, 1.807) is 0 Å². The zero-order chi connectivity index (χ0) is 17.8. The lowest BCUT2D eigenvalue weighted by molar-refractivity contribution is -0.137. The van der Waals surface area contributed by atoms with Gasteiger partial charge in [0, 0.05) is 43.6 Å². The smallest absolute Gasteiger partial charge is 0.225 e. The molecule has 3 aliphatic rings. The monoisotopic (exact) mass is 385 g/mol. The van der Waals surface area contributed by atoms with Gasteiger partial charge in [0.25, 0.3) is 0 Å². The first-order valence-corrected chi connectivity index (χ1v) is 10.4. The number of carbonyl (C=O) groups is 2. The number of likely N-dealkylation sites (tertiary alicyclic amines) is 1. The molecule has 0 aromatic heterocycles. The molecule has 0 aromatic carbocycles. The van der Waals surface area contributed by atoms with Crippen molar-refractivity contribution in [1.82, 2.24) is 15.5 Å². The molecule has 3 fully saturated rings. The van der Waals surface area contributed by atoms with Crippen LogP contribution in [0.5, 0.6) is 0 Å². The lowest BCUT2D eigenvalue weighted by atomic mass is 9.89. The molecule has 0 radical (unpaired) electrons. The summed E-state index contributed by atoms with van der Waals surface area (Å²) in [5.41, 5.74) is 0. The van der Waals surface area contributed by atoms with Gasteiger partial charge in [0.2, 0.25) is 11.8 Å². The summed E-state index contributed by atoms with van der Waals surface area (Å²) in [5, 5.41) is 6.88. The number of hydrogen-bond acceptors (Lipinski definition) is 3. The number of piperidine rings is 2. The summed E-state index contributed by atoms with van der Waals surface area (Å²) in [6, 6.07) is 1.54. The highest BCUT2D eigenvalue weighted by Crippen LogP contribution is 2.32. The van der Waals surface area contributed by atoms with Crippen LogP contribution in [-0.4, -0.2) is 47.9 Å². The molecule has 3 rings (SSSR count). The highest BCUT2D eigenvalue weighted by Gasteiger charge is 2.34. The minimum atomic E-state index is 0. The fourth-order valence-electron chi connectivity index (χ4n) is 5.03. The summed E-state index contributed by atoms with van der Waals surface area (Å²) in [5.74, 6) is 1.24. The number of amides is 2. The van der Waals surface area contributed by atoms with Crippen LogP contribution in [0, 0.1) is 11.8 Å². The average Bonchev–Trinajstić information content (AvgIpc) is 2.95. The predicted octanol–water partition coefficient (Wildman–Crippen LogP) is 2.87. The van der Waals surface area contributed by atoms with Crippen molar-refractivity contribution in [2.75, 3.05) is 13.1 Å². The van der Waals surface area contributed by atoms with Crippen molar-refractivity contribution in [1.29, 1.82) is 0 Å². The molecular formula is C20H36ClN3O2. The molecule has 0 aliphatic carbocycles. The molecule has 0 spiro atoms. The molecule has 3 saturated heterocycles. The van der Waals surface area contributed by atoms with Crippen molar-refractivity contribution in [3.05, 3.63) is 0 Å². The second kappa shape index (κ2) is 9.93. The highest BCUT2D eigenvalue weighted by molar-refractivity contribution is 5.85. The maximum absolute atomic E-state index is 12.5. The second-order valence-electron chi connectivity index (χ2n) is 8.36. The number of hydrogen-bond donors (Lipinski definition) is 2. The molecule has 26 heavy (non-hydrogen) atoms. The molecule has 2 N–H and O–H groups in total. The van der Waals surface area contributed by atoms with Gasteiger partial charge in [-0.05, 0) is 57.3 Å². The van der Waals surface area contributed by atoms with Crippen LogP contribution in [0.3, 0.4) is 0 Å². The van der Waals surface area contributed by atoms with Gasteiger partial charge in [-0.1, -0.05) is 13.8 Å². The zero-order valence-corrected chi connectivity index (χ0v) is 17.2. The van der Waals surface area contributed by atoms with Crippen LogP contribution < -0.4 is 10.6 Å². The average molecular weight is 386 g/mol. The molecule has 3 aliphatic heterocycles. The quantitative estimate of drug-likeness (QED) is 0.739. The first kappa shape index (κ1) is 21.5. The van der Waals surface area contributed by atoms with Crippen LogP contribution in [0.4, 0.5) is 0 Å². The van der Waals surface area contributed by atoms with Gasteiger partial charge < -0.3 is 15.5 Å². The number of fused-ring (bicyclic) bond motifs is 2. The Morgan fingerprint density at radius 2 is 1.62 bits per heavy atom. The Labute approximate surface area is 164 Å². The number of rotatable bonds is 6. The summed E-state index contributed by atoms with van der Waals surface area (Å²) in [4.78, 5) is 26.9. The molecule has 0 saturated carbocycles. The van der Waals surface area contributed by atoms with Gasteiger partial charge >= 0.3 is 0 Å². The van der Waals surface area contributed by atoms with E-state index in [9.17, 15) is 9.59 Å². The number of halogens is 1. The first-order chi connectivity index (χ1) is 12.1. The van der Waals surface area contributed by atoms with Crippen molar-refractivity contribution in [2.45, 2.75) is 89.8 Å². The predicted molar refractivity (Wildman–Crippen MR) is 106 cm³/mol. The van der Waals surface area contributed by atoms with Crippen LogP contribution in [-0.2, 0) is 9.59 Å². The molecule has 2 unspecified atom stereocenters. The second-order valence-corrected chi connectivity index (χ2v) is 8.36. The van der Waals surface area contributed by atoms with Crippen molar-refractivity contribution in [2.24, 2.45) is 11.8 Å². The van der Waals surface area contributed by atoms with E-state index >= 15 is 0 Å². The van der Waals surface area contributed by atoms with E-state index in [2.05, 4.69) is 24.5 Å². The van der Waals surface area contributed by atoms with Crippen LogP contribution in [0.2, 0.25) is 0 Å². The summed E-state index contributed by atoms with van der Waals surface area (Å²) in [7, 11) is 0. The van der Waals surface area contributed by atoms with Crippen molar-refractivity contribution < 1.29 is 9.59 Å². The van der Waals surface area contributed by atoms with E-state index < -0.39 is 0 Å². The highest BCUT2D eigenvalue weighted by atomic mass is 35.5. The van der Waals surface area contributed by atoms with Gasteiger partial charge in [-0.3, -0.25) is 9.59 Å². The van der Waals surface area contributed by atoms with Crippen LogP contribution >= 0.6 is 12.4 Å². The van der Waals surface area contributed by atoms with Gasteiger partial charge in [-0.25, -0.2) is 0 Å². The fraction of sp³-hybridized carbons (Fsp3) is 0.900. The summed E-state index contributed by atoms with van der Waals surface area (Å²) < 4.78 is 0. The van der Waals surface area contributed by atoms with Gasteiger partial charge in [-0.15, -0.1) is 12.4 Å². The van der Waals surface area contributed by atoms with Crippen molar-refractivity contribution in [3.8, 4) is 0 Å². The van der Waals surface area contributed by atoms with Gasteiger partial charge in [0.15, 0.2) is 0 Å². The SMILES string of the molecule is CCC(CC)C(=O)N1CCC(NC(=O)CC2CC3CCC(C2)N3)CC1.Cl. The molecule has 2 atom stereocenters. The Morgan fingerprint density at radius 1 is 1.04 bits per heavy atom. The minimum Gasteiger partial charge on any atom is -0.353 e. The van der Waals surface area contributed by atoms with E-state index in [4.69, 9.17) is 0 Å². The van der Waals surface area contributed by atoms with E-state index in [0.717, 1.165) is 51.6 Å². The third-order valence-electron chi connectivity index (χ3n) is 6.55. The van der Waals surface area contributed by atoms with Gasteiger partial charge in [0.05, 0.1) is 0 Å². The zero-order valence-electron chi connectivity index (χ0n) is 16.3. The van der Waals surface area contributed by atoms with E-state index in [1.807, 2.05) is 4.90 Å². The third-order valence-corrected chi connectivity index (χ3v) is 6.55. The van der Waals surface area contributed by atoms with E-state index in [1.165, 1.54) is 12.8 Å². The molecule has 0 aromatic rings. The summed E-state index contributed by atoms with van der Waals surface area (Å²) >= 11 is 0. The van der Waals surface area contributed by atoms with Crippen molar-refractivity contribution in [3.63, 3.8) is 0 Å². The molecule has 2 bridgehead atoms. The Hall–Kier alpha value is -0.810. The fourth-order valence-corrected chi connectivity index (χ4v) is 5.03. The number of carbonyl (C=O) groups excluding carboxylic acids is 2. The van der Waals surface area contributed by atoms with Gasteiger partial charge in [0.1, 0.15) is 0 Å².